The van der Waals surface area contributed by atoms with E-state index >= 15 is 0 Å². The van der Waals surface area contributed by atoms with Crippen LogP contribution < -0.4 is 5.56 Å². The molecule has 1 fully saturated rings. The maximum absolute atomic E-state index is 11.4. The summed E-state index contributed by atoms with van der Waals surface area (Å²) in [7, 11) is 0. The highest BCUT2D eigenvalue weighted by molar-refractivity contribution is 5.16. The summed E-state index contributed by atoms with van der Waals surface area (Å²) in [6, 6.07) is 3.81. The van der Waals surface area contributed by atoms with Gasteiger partial charge in [0.1, 0.15) is 0 Å². The van der Waals surface area contributed by atoms with Crippen LogP contribution in [0.25, 0.3) is 0 Å². The summed E-state index contributed by atoms with van der Waals surface area (Å²) in [4.78, 5) is 16.6. The molecule has 0 spiro atoms. The third kappa shape index (κ3) is 4.34. The fraction of sp³-hybridized carbons (Fsp3) is 0.588. The first-order valence-electron chi connectivity index (χ1n) is 7.75. The minimum atomic E-state index is 0.0186. The smallest absolute Gasteiger partial charge is 0.248 e. The van der Waals surface area contributed by atoms with Crippen LogP contribution in [-0.4, -0.2) is 29.5 Å². The average Bonchev–Trinajstić information content (AvgIpc) is 2.48. The van der Waals surface area contributed by atoms with Crippen LogP contribution in [-0.2, 0) is 0 Å². The number of nitrogens with one attached hydrogen (secondary N) is 1. The standard InChI is InChI=1S/C17H26N2O/c1-3-14(2)5-4-10-19-11-7-15(8-12-19)16-6-9-18-17(20)13-16/h5-6,9,13,15H,3-4,7-8,10-12H2,1-2H3,(H,18,20)/b14-5+. The van der Waals surface area contributed by atoms with Crippen LogP contribution in [0.5, 0.6) is 0 Å². The zero-order chi connectivity index (χ0) is 14.4. The van der Waals surface area contributed by atoms with Gasteiger partial charge in [-0.25, -0.2) is 0 Å². The van der Waals surface area contributed by atoms with Crippen LogP contribution in [0.2, 0.25) is 0 Å². The molecule has 0 aromatic carbocycles. The van der Waals surface area contributed by atoms with Crippen molar-refractivity contribution in [3.8, 4) is 0 Å². The predicted octanol–water partition coefficient (Wildman–Crippen LogP) is 3.30. The normalized spacial score (nSPS) is 18.4. The van der Waals surface area contributed by atoms with Crippen molar-refractivity contribution in [1.82, 2.24) is 9.88 Å². The number of aromatic nitrogens is 1. The molecule has 1 aliphatic rings. The molecule has 110 valence electrons. The fourth-order valence-corrected chi connectivity index (χ4v) is 2.84. The van der Waals surface area contributed by atoms with E-state index in [1.54, 1.807) is 12.3 Å². The molecule has 1 aromatic heterocycles. The van der Waals surface area contributed by atoms with Crippen molar-refractivity contribution in [2.45, 2.75) is 45.4 Å². The maximum Gasteiger partial charge on any atom is 0.248 e. The summed E-state index contributed by atoms with van der Waals surface area (Å²) in [5.74, 6) is 0.557. The minimum absolute atomic E-state index is 0.0186. The molecule has 1 N–H and O–H groups in total. The lowest BCUT2D eigenvalue weighted by Crippen LogP contribution is -2.33. The maximum atomic E-state index is 11.4. The summed E-state index contributed by atoms with van der Waals surface area (Å²) in [5, 5.41) is 0. The molecule has 2 rings (SSSR count). The first-order valence-corrected chi connectivity index (χ1v) is 7.75. The van der Waals surface area contributed by atoms with Crippen LogP contribution in [0.1, 0.15) is 51.0 Å². The van der Waals surface area contributed by atoms with Gasteiger partial charge in [-0.15, -0.1) is 0 Å². The number of likely N-dealkylation sites (tertiary alicyclic amines) is 1. The number of pyridine rings is 1. The second-order valence-electron chi connectivity index (χ2n) is 5.79. The number of nitrogens with zero attached hydrogens (tertiary/aromatic N) is 1. The molecule has 0 atom stereocenters. The van der Waals surface area contributed by atoms with Crippen molar-refractivity contribution in [3.63, 3.8) is 0 Å². The highest BCUT2D eigenvalue weighted by atomic mass is 16.1. The fourth-order valence-electron chi connectivity index (χ4n) is 2.84. The molecule has 0 radical (unpaired) electrons. The topological polar surface area (TPSA) is 36.1 Å². The lowest BCUT2D eigenvalue weighted by atomic mass is 9.90. The SMILES string of the molecule is CC/C(C)=C/CCN1CCC(c2cc[nH]c(=O)c2)CC1. The van der Waals surface area contributed by atoms with Crippen molar-refractivity contribution in [2.24, 2.45) is 0 Å². The number of rotatable bonds is 5. The Bertz CT molecular complexity index is 496. The van der Waals surface area contributed by atoms with Crippen LogP contribution in [0.15, 0.2) is 34.8 Å². The molecule has 1 saturated heterocycles. The van der Waals surface area contributed by atoms with Crippen LogP contribution >= 0.6 is 0 Å². The van der Waals surface area contributed by atoms with Gasteiger partial charge in [-0.1, -0.05) is 18.6 Å². The molecule has 0 amide bonds. The highest BCUT2D eigenvalue weighted by Crippen LogP contribution is 2.26. The Morgan fingerprint density at radius 3 is 2.85 bits per heavy atom. The quantitative estimate of drug-likeness (QED) is 0.836. The third-order valence-electron chi connectivity index (χ3n) is 4.35. The Morgan fingerprint density at radius 2 is 2.20 bits per heavy atom. The molecule has 0 saturated carbocycles. The number of hydrogen-bond donors (Lipinski definition) is 1. The van der Waals surface area contributed by atoms with Gasteiger partial charge < -0.3 is 9.88 Å². The summed E-state index contributed by atoms with van der Waals surface area (Å²) >= 11 is 0. The van der Waals surface area contributed by atoms with E-state index in [9.17, 15) is 4.79 Å². The Morgan fingerprint density at radius 1 is 1.45 bits per heavy atom. The van der Waals surface area contributed by atoms with E-state index in [2.05, 4.69) is 35.9 Å². The van der Waals surface area contributed by atoms with E-state index in [0.717, 1.165) is 25.9 Å². The van der Waals surface area contributed by atoms with E-state index < -0.39 is 0 Å². The van der Waals surface area contributed by atoms with Crippen molar-refractivity contribution < 1.29 is 0 Å². The predicted molar refractivity (Wildman–Crippen MR) is 84.1 cm³/mol. The zero-order valence-electron chi connectivity index (χ0n) is 12.7. The van der Waals surface area contributed by atoms with Gasteiger partial charge in [-0.3, -0.25) is 4.79 Å². The first kappa shape index (κ1) is 15.0. The molecule has 2 heterocycles. The lowest BCUT2D eigenvalue weighted by molar-refractivity contribution is 0.215. The Kier molecular flexibility index (Phi) is 5.60. The molecular formula is C17H26N2O. The summed E-state index contributed by atoms with van der Waals surface area (Å²) < 4.78 is 0. The van der Waals surface area contributed by atoms with Gasteiger partial charge in [-0.05, 0) is 63.2 Å². The van der Waals surface area contributed by atoms with Crippen molar-refractivity contribution in [2.75, 3.05) is 19.6 Å². The number of hydrogen-bond acceptors (Lipinski definition) is 2. The van der Waals surface area contributed by atoms with Crippen LogP contribution in [0.3, 0.4) is 0 Å². The molecule has 3 nitrogen and oxygen atoms in total. The summed E-state index contributed by atoms with van der Waals surface area (Å²) in [6.07, 6.45) is 8.78. The Hall–Kier alpha value is -1.35. The van der Waals surface area contributed by atoms with Crippen LogP contribution in [0, 0.1) is 0 Å². The van der Waals surface area contributed by atoms with Gasteiger partial charge >= 0.3 is 0 Å². The van der Waals surface area contributed by atoms with Gasteiger partial charge in [0.25, 0.3) is 0 Å². The molecule has 1 aliphatic heterocycles. The number of aromatic amines is 1. The molecular weight excluding hydrogens is 248 g/mol. The summed E-state index contributed by atoms with van der Waals surface area (Å²) in [5.41, 5.74) is 2.71. The molecule has 1 aromatic rings. The van der Waals surface area contributed by atoms with Gasteiger partial charge in [-0.2, -0.15) is 0 Å². The van der Waals surface area contributed by atoms with E-state index in [1.807, 2.05) is 0 Å². The highest BCUT2D eigenvalue weighted by Gasteiger charge is 2.20. The van der Waals surface area contributed by atoms with E-state index in [1.165, 1.54) is 30.5 Å². The summed E-state index contributed by atoms with van der Waals surface area (Å²) in [6.45, 7) is 7.88. The van der Waals surface area contributed by atoms with E-state index in [4.69, 9.17) is 0 Å². The Labute approximate surface area is 121 Å². The number of piperidine rings is 1. The molecule has 20 heavy (non-hydrogen) atoms. The van der Waals surface area contributed by atoms with Crippen LogP contribution in [0.4, 0.5) is 0 Å². The Balaban J connectivity index is 1.79. The lowest BCUT2D eigenvalue weighted by Gasteiger charge is -2.31. The van der Waals surface area contributed by atoms with Gasteiger partial charge in [0.2, 0.25) is 5.56 Å². The molecule has 0 unspecified atom stereocenters. The monoisotopic (exact) mass is 274 g/mol. The van der Waals surface area contributed by atoms with Crippen molar-refractivity contribution in [1.29, 1.82) is 0 Å². The number of H-pyrrole nitrogens is 1. The molecule has 0 aliphatic carbocycles. The molecule has 3 heteroatoms. The zero-order valence-corrected chi connectivity index (χ0v) is 12.7. The largest absolute Gasteiger partial charge is 0.329 e. The third-order valence-corrected chi connectivity index (χ3v) is 4.35. The van der Waals surface area contributed by atoms with Crippen molar-refractivity contribution in [3.05, 3.63) is 45.9 Å². The van der Waals surface area contributed by atoms with E-state index in [0.29, 0.717) is 5.92 Å². The average molecular weight is 274 g/mol. The van der Waals surface area contributed by atoms with Gasteiger partial charge in [0.15, 0.2) is 0 Å². The van der Waals surface area contributed by atoms with Gasteiger partial charge in [0.05, 0.1) is 0 Å². The second-order valence-corrected chi connectivity index (χ2v) is 5.79. The van der Waals surface area contributed by atoms with Crippen molar-refractivity contribution >= 4 is 0 Å². The van der Waals surface area contributed by atoms with Gasteiger partial charge in [0, 0.05) is 18.8 Å². The van der Waals surface area contributed by atoms with E-state index in [-0.39, 0.29) is 5.56 Å². The minimum Gasteiger partial charge on any atom is -0.329 e. The second kappa shape index (κ2) is 7.44. The molecule has 0 bridgehead atoms. The first-order chi connectivity index (χ1) is 9.69. The number of allylic oxidation sites excluding steroid dienone is 1.